The van der Waals surface area contributed by atoms with Crippen molar-refractivity contribution in [3.05, 3.63) is 63.9 Å². The van der Waals surface area contributed by atoms with Crippen LogP contribution in [0.2, 0.25) is 0 Å². The summed E-state index contributed by atoms with van der Waals surface area (Å²) in [6.07, 6.45) is 0.0194. The second-order valence-corrected chi connectivity index (χ2v) is 6.55. The molecule has 0 saturated carbocycles. The molecule has 7 nitrogen and oxygen atoms in total. The first kappa shape index (κ1) is 15.7. The molecule has 0 amide bonds. The molecule has 1 aromatic heterocycles. The van der Waals surface area contributed by atoms with Crippen LogP contribution in [-0.2, 0) is 11.9 Å². The molecule has 3 heterocycles. The van der Waals surface area contributed by atoms with Gasteiger partial charge in [0.2, 0.25) is 6.79 Å². The first-order valence-corrected chi connectivity index (χ1v) is 8.57. The van der Waals surface area contributed by atoms with E-state index in [2.05, 4.69) is 5.16 Å². The predicted octanol–water partition coefficient (Wildman–Crippen LogP) is 2.84. The summed E-state index contributed by atoms with van der Waals surface area (Å²) in [5.74, 6) is 1.29. The number of ether oxygens (including phenoxy) is 2. The van der Waals surface area contributed by atoms with Crippen LogP contribution in [0.15, 0.2) is 52.4 Å². The van der Waals surface area contributed by atoms with Gasteiger partial charge in [0.15, 0.2) is 17.6 Å². The molecule has 7 heteroatoms. The monoisotopic (exact) mass is 364 g/mol. The highest BCUT2D eigenvalue weighted by atomic mass is 16.7. The molecule has 2 aliphatic rings. The Labute approximate surface area is 154 Å². The van der Waals surface area contributed by atoms with E-state index in [4.69, 9.17) is 14.3 Å². The number of aryl methyl sites for hydroxylation is 1. The van der Waals surface area contributed by atoms with Crippen molar-refractivity contribution >= 4 is 16.6 Å². The minimum absolute atomic E-state index is 0.0672. The van der Waals surface area contributed by atoms with E-state index in [0.29, 0.717) is 34.5 Å². The lowest BCUT2D eigenvalue weighted by Gasteiger charge is -2.11. The van der Waals surface area contributed by atoms with Crippen LogP contribution in [0.1, 0.15) is 23.7 Å². The topological polar surface area (TPSA) is 82.3 Å². The molecule has 0 aliphatic carbocycles. The number of aromatic nitrogens is 1. The Morgan fingerprint density at radius 1 is 1.15 bits per heavy atom. The van der Waals surface area contributed by atoms with Gasteiger partial charge in [-0.05, 0) is 29.8 Å². The molecule has 2 aromatic carbocycles. The summed E-state index contributed by atoms with van der Waals surface area (Å²) in [5.41, 5.74) is 1.84. The Bertz CT molecular complexity index is 1160. The fourth-order valence-electron chi connectivity index (χ4n) is 3.56. The minimum Gasteiger partial charge on any atom is -0.506 e. The molecule has 27 heavy (non-hydrogen) atoms. The fraction of sp³-hybridized carbons (Fsp3) is 0.200. The third-order valence-electron chi connectivity index (χ3n) is 5.00. The Kier molecular flexibility index (Phi) is 3.36. The average Bonchev–Trinajstić information content (AvgIpc) is 3.35. The molecule has 1 N–H and O–H groups in total. The largest absolute Gasteiger partial charge is 0.506 e. The van der Waals surface area contributed by atoms with Crippen molar-refractivity contribution in [2.24, 2.45) is 12.2 Å². The van der Waals surface area contributed by atoms with Gasteiger partial charge in [-0.2, -0.15) is 0 Å². The van der Waals surface area contributed by atoms with Crippen LogP contribution in [-0.4, -0.2) is 22.2 Å². The molecular weight excluding hydrogens is 348 g/mol. The summed E-state index contributed by atoms with van der Waals surface area (Å²) >= 11 is 0. The summed E-state index contributed by atoms with van der Waals surface area (Å²) < 4.78 is 12.2. The molecular formula is C20H16N2O5. The number of benzene rings is 2. The minimum atomic E-state index is -0.356. The first-order valence-electron chi connectivity index (χ1n) is 8.57. The van der Waals surface area contributed by atoms with E-state index in [1.807, 2.05) is 30.3 Å². The van der Waals surface area contributed by atoms with Crippen molar-refractivity contribution in [2.75, 3.05) is 6.79 Å². The normalized spacial score (nSPS) is 17.8. The molecule has 1 atom stereocenters. The van der Waals surface area contributed by atoms with E-state index < -0.39 is 0 Å². The van der Waals surface area contributed by atoms with Crippen LogP contribution in [0.5, 0.6) is 17.2 Å². The lowest BCUT2D eigenvalue weighted by molar-refractivity contribution is 0.0855. The number of hydrogen-bond donors (Lipinski definition) is 1. The van der Waals surface area contributed by atoms with Gasteiger partial charge in [0.25, 0.3) is 5.56 Å². The number of pyridine rings is 1. The standard InChI is InChI=1S/C20H16N2O5/c1-22-14-5-3-2-4-12(14)19(23)18(20(22)24)13-9-16(27-21-13)11-6-7-15-17(8-11)26-10-25-15/h2-8,16,23H,9-10H2,1H3. The fourth-order valence-corrected chi connectivity index (χ4v) is 3.56. The second-order valence-electron chi connectivity index (χ2n) is 6.55. The zero-order chi connectivity index (χ0) is 18.5. The number of aromatic hydroxyl groups is 1. The molecule has 0 fully saturated rings. The van der Waals surface area contributed by atoms with E-state index in [0.717, 1.165) is 5.56 Å². The Morgan fingerprint density at radius 3 is 2.85 bits per heavy atom. The third kappa shape index (κ3) is 2.35. The van der Waals surface area contributed by atoms with Gasteiger partial charge in [-0.15, -0.1) is 0 Å². The van der Waals surface area contributed by atoms with Gasteiger partial charge in [0.1, 0.15) is 17.0 Å². The molecule has 5 rings (SSSR count). The van der Waals surface area contributed by atoms with Gasteiger partial charge in [-0.3, -0.25) is 4.79 Å². The van der Waals surface area contributed by atoms with Crippen LogP contribution in [0.4, 0.5) is 0 Å². The highest BCUT2D eigenvalue weighted by Gasteiger charge is 2.30. The Morgan fingerprint density at radius 2 is 1.96 bits per heavy atom. The van der Waals surface area contributed by atoms with Crippen molar-refractivity contribution < 1.29 is 19.4 Å². The summed E-state index contributed by atoms with van der Waals surface area (Å²) in [4.78, 5) is 18.4. The summed E-state index contributed by atoms with van der Waals surface area (Å²) in [6.45, 7) is 0.201. The zero-order valence-corrected chi connectivity index (χ0v) is 14.5. The van der Waals surface area contributed by atoms with Gasteiger partial charge in [-0.25, -0.2) is 0 Å². The molecule has 2 aliphatic heterocycles. The van der Waals surface area contributed by atoms with Gasteiger partial charge < -0.3 is 24.0 Å². The second kappa shape index (κ2) is 5.77. The molecule has 136 valence electrons. The number of nitrogens with zero attached hydrogens (tertiary/aromatic N) is 2. The van der Waals surface area contributed by atoms with E-state index >= 15 is 0 Å². The van der Waals surface area contributed by atoms with Crippen molar-refractivity contribution in [1.29, 1.82) is 0 Å². The maximum absolute atomic E-state index is 12.8. The number of rotatable bonds is 2. The maximum atomic E-state index is 12.8. The zero-order valence-electron chi connectivity index (χ0n) is 14.5. The molecule has 3 aromatic rings. The smallest absolute Gasteiger partial charge is 0.263 e. The van der Waals surface area contributed by atoms with E-state index in [1.54, 1.807) is 19.2 Å². The highest BCUT2D eigenvalue weighted by molar-refractivity contribution is 6.07. The number of hydrogen-bond acceptors (Lipinski definition) is 6. The van der Waals surface area contributed by atoms with Crippen molar-refractivity contribution in [3.63, 3.8) is 0 Å². The SMILES string of the molecule is Cn1c(=O)c(C2=NOC(c3ccc4c(c3)OCO4)C2)c(O)c2ccccc21. The van der Waals surface area contributed by atoms with Crippen molar-refractivity contribution in [3.8, 4) is 17.2 Å². The van der Waals surface area contributed by atoms with Crippen LogP contribution in [0.25, 0.3) is 10.9 Å². The maximum Gasteiger partial charge on any atom is 0.263 e. The predicted molar refractivity (Wildman–Crippen MR) is 98.4 cm³/mol. The number of fused-ring (bicyclic) bond motifs is 2. The summed E-state index contributed by atoms with van der Waals surface area (Å²) in [6, 6.07) is 12.8. The molecule has 0 bridgehead atoms. The van der Waals surface area contributed by atoms with Crippen LogP contribution in [0.3, 0.4) is 0 Å². The van der Waals surface area contributed by atoms with Crippen molar-refractivity contribution in [2.45, 2.75) is 12.5 Å². The quantitative estimate of drug-likeness (QED) is 0.756. The van der Waals surface area contributed by atoms with E-state index in [1.165, 1.54) is 4.57 Å². The number of para-hydroxylation sites is 1. The van der Waals surface area contributed by atoms with Gasteiger partial charge in [0, 0.05) is 18.9 Å². The average molecular weight is 364 g/mol. The van der Waals surface area contributed by atoms with E-state index in [9.17, 15) is 9.90 Å². The molecule has 0 saturated heterocycles. The van der Waals surface area contributed by atoms with Crippen LogP contribution < -0.4 is 15.0 Å². The lowest BCUT2D eigenvalue weighted by Crippen LogP contribution is -2.24. The van der Waals surface area contributed by atoms with Gasteiger partial charge >= 0.3 is 0 Å². The Hall–Kier alpha value is -3.48. The van der Waals surface area contributed by atoms with Crippen molar-refractivity contribution in [1.82, 2.24) is 4.57 Å². The number of oxime groups is 1. The van der Waals surface area contributed by atoms with Gasteiger partial charge in [0.05, 0.1) is 5.52 Å². The van der Waals surface area contributed by atoms with Gasteiger partial charge in [-0.1, -0.05) is 23.4 Å². The van der Waals surface area contributed by atoms with Crippen LogP contribution >= 0.6 is 0 Å². The van der Waals surface area contributed by atoms with E-state index in [-0.39, 0.29) is 29.8 Å². The third-order valence-corrected chi connectivity index (χ3v) is 5.00. The first-order chi connectivity index (χ1) is 13.1. The Balaban J connectivity index is 1.53. The lowest BCUT2D eigenvalue weighted by atomic mass is 9.99. The summed E-state index contributed by atoms with van der Waals surface area (Å²) in [5, 5.41) is 15.4. The molecule has 0 spiro atoms. The molecule has 1 unspecified atom stereocenters. The highest BCUT2D eigenvalue weighted by Crippen LogP contribution is 2.38. The van der Waals surface area contributed by atoms with Crippen LogP contribution in [0, 0.1) is 0 Å². The summed E-state index contributed by atoms with van der Waals surface area (Å²) in [7, 11) is 1.68. The molecule has 0 radical (unpaired) electrons.